The number of rotatable bonds is 4. The van der Waals surface area contributed by atoms with Gasteiger partial charge in [0.05, 0.1) is 12.8 Å². The number of ether oxygens (including phenoxy) is 1. The second-order valence-corrected chi connectivity index (χ2v) is 3.82. The minimum atomic E-state index is 0.536. The van der Waals surface area contributed by atoms with Crippen molar-refractivity contribution < 1.29 is 4.74 Å². The van der Waals surface area contributed by atoms with Crippen LogP contribution in [0.15, 0.2) is 22.0 Å². The summed E-state index contributed by atoms with van der Waals surface area (Å²) in [5.41, 5.74) is 7.38. The smallest absolute Gasteiger partial charge is 0.123 e. The van der Waals surface area contributed by atoms with Crippen LogP contribution in [0.2, 0.25) is 0 Å². The topological polar surface area (TPSA) is 47.6 Å². The monoisotopic (exact) mass is 210 g/mol. The number of nitrogens with zero attached hydrogens (tertiary/aromatic N) is 1. The molecule has 3 nitrogen and oxygen atoms in total. The summed E-state index contributed by atoms with van der Waals surface area (Å²) in [4.78, 5) is 4.97. The lowest BCUT2D eigenvalue weighted by Crippen LogP contribution is -1.93. The summed E-state index contributed by atoms with van der Waals surface area (Å²) in [7, 11) is 1.64. The molecule has 14 heavy (non-hydrogen) atoms. The highest BCUT2D eigenvalue weighted by Gasteiger charge is 2.06. The van der Waals surface area contributed by atoms with Crippen LogP contribution in [-0.4, -0.2) is 19.7 Å². The van der Waals surface area contributed by atoms with Crippen LogP contribution in [0.1, 0.15) is 5.56 Å². The Bertz CT molecular complexity index is 339. The number of methoxy groups -OCH3 is 1. The van der Waals surface area contributed by atoms with E-state index in [2.05, 4.69) is 11.7 Å². The van der Waals surface area contributed by atoms with E-state index in [0.717, 1.165) is 21.9 Å². The van der Waals surface area contributed by atoms with Gasteiger partial charge in [0.1, 0.15) is 5.75 Å². The summed E-state index contributed by atoms with van der Waals surface area (Å²) in [6.07, 6.45) is 0. The Morgan fingerprint density at radius 2 is 2.29 bits per heavy atom. The zero-order valence-electron chi connectivity index (χ0n) is 8.41. The Morgan fingerprint density at radius 1 is 1.57 bits per heavy atom. The van der Waals surface area contributed by atoms with Crippen molar-refractivity contribution in [3.05, 3.63) is 17.7 Å². The molecule has 4 heteroatoms. The van der Waals surface area contributed by atoms with E-state index < -0.39 is 0 Å². The molecular weight excluding hydrogens is 196 g/mol. The van der Waals surface area contributed by atoms with Gasteiger partial charge in [0, 0.05) is 16.8 Å². The van der Waals surface area contributed by atoms with Crippen LogP contribution in [0, 0.1) is 6.92 Å². The van der Waals surface area contributed by atoms with Crippen LogP contribution in [0.3, 0.4) is 0 Å². The molecule has 0 spiro atoms. The number of hydrogen-bond donors (Lipinski definition) is 1. The SMILES string of the molecule is C=Nc1cc(OC)c(C)cc1SCN. The Kier molecular flexibility index (Phi) is 3.98. The molecule has 76 valence electrons. The fraction of sp³-hybridized carbons (Fsp3) is 0.300. The number of aryl methyl sites for hydroxylation is 1. The van der Waals surface area contributed by atoms with E-state index in [4.69, 9.17) is 10.5 Å². The minimum absolute atomic E-state index is 0.536. The van der Waals surface area contributed by atoms with Gasteiger partial charge in [0.15, 0.2) is 0 Å². The van der Waals surface area contributed by atoms with Crippen molar-refractivity contribution in [3.63, 3.8) is 0 Å². The molecule has 0 heterocycles. The van der Waals surface area contributed by atoms with Crippen LogP contribution < -0.4 is 10.5 Å². The molecule has 1 aromatic carbocycles. The molecule has 1 rings (SSSR count). The van der Waals surface area contributed by atoms with Crippen LogP contribution in [0.25, 0.3) is 0 Å². The third-order valence-corrected chi connectivity index (χ3v) is 2.69. The molecule has 0 saturated heterocycles. The van der Waals surface area contributed by atoms with Crippen LogP contribution in [-0.2, 0) is 0 Å². The van der Waals surface area contributed by atoms with E-state index in [0.29, 0.717) is 5.88 Å². The van der Waals surface area contributed by atoms with Crippen LogP contribution in [0.4, 0.5) is 5.69 Å². The summed E-state index contributed by atoms with van der Waals surface area (Å²) in [5.74, 6) is 1.36. The lowest BCUT2D eigenvalue weighted by Gasteiger charge is -2.09. The molecule has 1 aromatic rings. The van der Waals surface area contributed by atoms with Gasteiger partial charge in [-0.2, -0.15) is 0 Å². The number of benzene rings is 1. The minimum Gasteiger partial charge on any atom is -0.496 e. The first-order valence-corrected chi connectivity index (χ1v) is 5.19. The summed E-state index contributed by atoms with van der Waals surface area (Å²) in [6, 6.07) is 3.89. The van der Waals surface area contributed by atoms with Crippen LogP contribution >= 0.6 is 11.8 Å². The third-order valence-electron chi connectivity index (χ3n) is 1.89. The van der Waals surface area contributed by atoms with Crippen molar-refractivity contribution in [2.45, 2.75) is 11.8 Å². The molecule has 0 bridgehead atoms. The number of thioether (sulfide) groups is 1. The molecule has 2 N–H and O–H groups in total. The normalized spacial score (nSPS) is 9.93. The maximum Gasteiger partial charge on any atom is 0.123 e. The highest BCUT2D eigenvalue weighted by atomic mass is 32.2. The molecule has 0 unspecified atom stereocenters. The molecule has 0 aliphatic carbocycles. The summed E-state index contributed by atoms with van der Waals surface area (Å²) in [6.45, 7) is 5.51. The molecule has 0 aliphatic heterocycles. The molecule has 0 atom stereocenters. The van der Waals surface area contributed by atoms with E-state index >= 15 is 0 Å². The van der Waals surface area contributed by atoms with Gasteiger partial charge in [-0.05, 0) is 25.3 Å². The van der Waals surface area contributed by atoms with Crippen molar-refractivity contribution in [3.8, 4) is 5.75 Å². The van der Waals surface area contributed by atoms with Crippen molar-refractivity contribution >= 4 is 24.2 Å². The molecule has 0 aromatic heterocycles. The predicted molar refractivity (Wildman–Crippen MR) is 61.9 cm³/mol. The van der Waals surface area contributed by atoms with Gasteiger partial charge in [0.25, 0.3) is 0 Å². The van der Waals surface area contributed by atoms with Gasteiger partial charge in [-0.15, -0.1) is 11.8 Å². The van der Waals surface area contributed by atoms with Crippen molar-refractivity contribution in [2.75, 3.05) is 13.0 Å². The first kappa shape index (κ1) is 11.1. The lowest BCUT2D eigenvalue weighted by atomic mass is 10.2. The second kappa shape index (κ2) is 5.02. The third kappa shape index (κ3) is 2.27. The zero-order chi connectivity index (χ0) is 10.6. The molecule has 0 amide bonds. The Hall–Kier alpha value is -1.00. The average molecular weight is 210 g/mol. The number of hydrogen-bond acceptors (Lipinski definition) is 4. The Balaban J connectivity index is 3.16. The Labute approximate surface area is 88.4 Å². The second-order valence-electron chi connectivity index (χ2n) is 2.76. The number of aliphatic imine (C=N–C) groups is 1. The van der Waals surface area contributed by atoms with Gasteiger partial charge in [-0.25, -0.2) is 0 Å². The summed E-state index contributed by atoms with van der Waals surface area (Å²) in [5, 5.41) is 0. The highest BCUT2D eigenvalue weighted by molar-refractivity contribution is 7.99. The Morgan fingerprint density at radius 3 is 2.79 bits per heavy atom. The van der Waals surface area contributed by atoms with Gasteiger partial charge in [-0.1, -0.05) is 0 Å². The number of nitrogens with two attached hydrogens (primary N) is 1. The van der Waals surface area contributed by atoms with Crippen molar-refractivity contribution in [1.82, 2.24) is 0 Å². The van der Waals surface area contributed by atoms with E-state index in [1.165, 1.54) is 0 Å². The predicted octanol–water partition coefficient (Wildman–Crippen LogP) is 2.34. The van der Waals surface area contributed by atoms with Gasteiger partial charge in [0.2, 0.25) is 0 Å². The maximum atomic E-state index is 5.47. The zero-order valence-corrected chi connectivity index (χ0v) is 9.23. The fourth-order valence-electron chi connectivity index (χ4n) is 1.20. The molecule has 0 saturated carbocycles. The van der Waals surface area contributed by atoms with Gasteiger partial charge < -0.3 is 10.5 Å². The van der Waals surface area contributed by atoms with Crippen molar-refractivity contribution in [1.29, 1.82) is 0 Å². The fourth-order valence-corrected chi connectivity index (χ4v) is 1.91. The largest absolute Gasteiger partial charge is 0.496 e. The summed E-state index contributed by atoms with van der Waals surface area (Å²) >= 11 is 1.55. The first-order valence-electron chi connectivity index (χ1n) is 4.21. The standard InChI is InChI=1S/C10H14N2OS/c1-7-4-10(14-6-11)8(12-2)5-9(7)13-3/h4-5H,2,6,11H2,1,3H3. The van der Waals surface area contributed by atoms with E-state index in [-0.39, 0.29) is 0 Å². The van der Waals surface area contributed by atoms with Crippen LogP contribution in [0.5, 0.6) is 5.75 Å². The molecule has 0 fully saturated rings. The van der Waals surface area contributed by atoms with E-state index in [1.54, 1.807) is 18.9 Å². The quantitative estimate of drug-likeness (QED) is 0.471. The lowest BCUT2D eigenvalue weighted by molar-refractivity contribution is 0.411. The van der Waals surface area contributed by atoms with E-state index in [9.17, 15) is 0 Å². The highest BCUT2D eigenvalue weighted by Crippen LogP contribution is 2.34. The molecule has 0 aliphatic rings. The molecular formula is C10H14N2OS. The van der Waals surface area contributed by atoms with Gasteiger partial charge in [-0.3, -0.25) is 4.99 Å². The van der Waals surface area contributed by atoms with Gasteiger partial charge >= 0.3 is 0 Å². The average Bonchev–Trinajstić information content (AvgIpc) is 2.19. The molecule has 0 radical (unpaired) electrons. The first-order chi connectivity index (χ1) is 6.72. The van der Waals surface area contributed by atoms with E-state index in [1.807, 2.05) is 19.1 Å². The summed E-state index contributed by atoms with van der Waals surface area (Å²) < 4.78 is 5.19. The van der Waals surface area contributed by atoms with Crippen molar-refractivity contribution in [2.24, 2.45) is 10.7 Å². The maximum absolute atomic E-state index is 5.47.